The number of hydrogen-bond donors (Lipinski definition) is 0. The van der Waals surface area contributed by atoms with Gasteiger partial charge in [0.15, 0.2) is 5.78 Å². The SMILES string of the molecule is O=C(C1=COCCC1)C1CC2CCC1O2. The maximum Gasteiger partial charge on any atom is 0.167 e. The zero-order valence-corrected chi connectivity index (χ0v) is 8.78. The molecule has 0 aromatic rings. The highest BCUT2D eigenvalue weighted by molar-refractivity contribution is 5.97. The minimum absolute atomic E-state index is 0.122. The van der Waals surface area contributed by atoms with Crippen LogP contribution in [0.15, 0.2) is 11.8 Å². The van der Waals surface area contributed by atoms with Crippen molar-refractivity contribution in [2.24, 2.45) is 5.92 Å². The molecule has 0 radical (unpaired) electrons. The molecule has 3 rings (SSSR count). The van der Waals surface area contributed by atoms with E-state index in [9.17, 15) is 4.79 Å². The summed E-state index contributed by atoms with van der Waals surface area (Å²) in [7, 11) is 0. The number of carbonyl (C=O) groups is 1. The van der Waals surface area contributed by atoms with Crippen LogP contribution in [-0.4, -0.2) is 24.6 Å². The molecule has 3 nitrogen and oxygen atoms in total. The second-order valence-corrected chi connectivity index (χ2v) is 4.70. The minimum atomic E-state index is 0.122. The average Bonchev–Trinajstić information content (AvgIpc) is 2.91. The molecule has 3 aliphatic heterocycles. The van der Waals surface area contributed by atoms with Crippen LogP contribution in [-0.2, 0) is 14.3 Å². The first-order chi connectivity index (χ1) is 7.34. The van der Waals surface area contributed by atoms with Crippen molar-refractivity contribution in [1.82, 2.24) is 0 Å². The molecule has 82 valence electrons. The van der Waals surface area contributed by atoms with Gasteiger partial charge in [0.1, 0.15) is 0 Å². The molecule has 3 aliphatic rings. The van der Waals surface area contributed by atoms with E-state index < -0.39 is 0 Å². The van der Waals surface area contributed by atoms with E-state index in [4.69, 9.17) is 9.47 Å². The predicted octanol–water partition coefficient (Wildman–Crippen LogP) is 1.82. The Kier molecular flexibility index (Phi) is 2.28. The number of carbonyl (C=O) groups excluding carboxylic acids is 1. The maximum atomic E-state index is 12.2. The van der Waals surface area contributed by atoms with Gasteiger partial charge in [-0.25, -0.2) is 0 Å². The molecule has 2 bridgehead atoms. The molecule has 0 spiro atoms. The first kappa shape index (κ1) is 9.40. The van der Waals surface area contributed by atoms with Crippen molar-refractivity contribution in [3.63, 3.8) is 0 Å². The van der Waals surface area contributed by atoms with E-state index in [0.29, 0.717) is 6.10 Å². The van der Waals surface area contributed by atoms with E-state index in [1.807, 2.05) is 0 Å². The van der Waals surface area contributed by atoms with Crippen molar-refractivity contribution >= 4 is 5.78 Å². The van der Waals surface area contributed by atoms with Crippen LogP contribution in [0.4, 0.5) is 0 Å². The van der Waals surface area contributed by atoms with Crippen LogP contribution in [0.1, 0.15) is 32.1 Å². The van der Waals surface area contributed by atoms with E-state index in [2.05, 4.69) is 0 Å². The Bertz CT molecular complexity index is 308. The molecule has 0 N–H and O–H groups in total. The third kappa shape index (κ3) is 1.59. The lowest BCUT2D eigenvalue weighted by atomic mass is 9.83. The molecule has 15 heavy (non-hydrogen) atoms. The zero-order chi connectivity index (χ0) is 10.3. The van der Waals surface area contributed by atoms with Gasteiger partial charge in [0.05, 0.1) is 31.0 Å². The number of Topliss-reactive ketones (excluding diaryl/α,β-unsaturated/α-hetero) is 1. The topological polar surface area (TPSA) is 35.5 Å². The van der Waals surface area contributed by atoms with Crippen molar-refractivity contribution in [2.75, 3.05) is 6.61 Å². The van der Waals surface area contributed by atoms with Crippen LogP contribution in [0.3, 0.4) is 0 Å². The van der Waals surface area contributed by atoms with Crippen LogP contribution in [0.5, 0.6) is 0 Å². The van der Waals surface area contributed by atoms with E-state index >= 15 is 0 Å². The third-order valence-electron chi connectivity index (χ3n) is 3.69. The van der Waals surface area contributed by atoms with Gasteiger partial charge in [-0.2, -0.15) is 0 Å². The van der Waals surface area contributed by atoms with Gasteiger partial charge in [-0.15, -0.1) is 0 Å². The number of ether oxygens (including phenoxy) is 2. The molecular formula is C12H16O3. The fourth-order valence-electron chi connectivity index (χ4n) is 2.90. The van der Waals surface area contributed by atoms with Gasteiger partial charge in [0.2, 0.25) is 0 Å². The lowest BCUT2D eigenvalue weighted by Gasteiger charge is -2.20. The largest absolute Gasteiger partial charge is 0.501 e. The van der Waals surface area contributed by atoms with E-state index in [1.54, 1.807) is 6.26 Å². The second-order valence-electron chi connectivity index (χ2n) is 4.70. The summed E-state index contributed by atoms with van der Waals surface area (Å²) in [5.74, 6) is 0.401. The number of rotatable bonds is 2. The standard InChI is InChI=1S/C12H16O3/c13-12(8-2-1-5-14-7-8)10-6-9-3-4-11(10)15-9/h7,9-11H,1-6H2. The second kappa shape index (κ2) is 3.63. The lowest BCUT2D eigenvalue weighted by Crippen LogP contribution is -2.27. The number of fused-ring (bicyclic) bond motifs is 2. The van der Waals surface area contributed by atoms with Gasteiger partial charge in [0.25, 0.3) is 0 Å². The molecule has 3 unspecified atom stereocenters. The summed E-state index contributed by atoms with van der Waals surface area (Å²) in [6.45, 7) is 0.754. The van der Waals surface area contributed by atoms with Gasteiger partial charge < -0.3 is 9.47 Å². The molecule has 0 aromatic carbocycles. The summed E-state index contributed by atoms with van der Waals surface area (Å²) in [6, 6.07) is 0. The van der Waals surface area contributed by atoms with Crippen molar-refractivity contribution in [2.45, 2.75) is 44.3 Å². The van der Waals surface area contributed by atoms with E-state index in [-0.39, 0.29) is 17.8 Å². The zero-order valence-electron chi connectivity index (χ0n) is 8.78. The molecule has 0 aliphatic carbocycles. The van der Waals surface area contributed by atoms with Gasteiger partial charge in [0, 0.05) is 5.57 Å². The quantitative estimate of drug-likeness (QED) is 0.694. The predicted molar refractivity (Wildman–Crippen MR) is 54.3 cm³/mol. The summed E-state index contributed by atoms with van der Waals surface area (Å²) in [6.07, 6.45) is 7.21. The highest BCUT2D eigenvalue weighted by Gasteiger charge is 2.44. The van der Waals surface area contributed by atoms with Crippen molar-refractivity contribution < 1.29 is 14.3 Å². The van der Waals surface area contributed by atoms with E-state index in [1.165, 1.54) is 0 Å². The van der Waals surface area contributed by atoms with Gasteiger partial charge in [-0.05, 0) is 32.1 Å². The smallest absolute Gasteiger partial charge is 0.167 e. The highest BCUT2D eigenvalue weighted by Crippen LogP contribution is 2.40. The lowest BCUT2D eigenvalue weighted by molar-refractivity contribution is -0.121. The normalized spacial score (nSPS) is 38.7. The number of ketones is 1. The van der Waals surface area contributed by atoms with E-state index in [0.717, 1.165) is 44.3 Å². The Labute approximate surface area is 89.4 Å². The number of allylic oxidation sites excluding steroid dienone is 1. The van der Waals surface area contributed by atoms with Crippen LogP contribution in [0, 0.1) is 5.92 Å². The van der Waals surface area contributed by atoms with Gasteiger partial charge >= 0.3 is 0 Å². The third-order valence-corrected chi connectivity index (χ3v) is 3.69. The van der Waals surface area contributed by atoms with Crippen molar-refractivity contribution in [3.8, 4) is 0 Å². The molecule has 0 amide bonds. The molecular weight excluding hydrogens is 192 g/mol. The summed E-state index contributed by atoms with van der Waals surface area (Å²) < 4.78 is 10.9. The van der Waals surface area contributed by atoms with Crippen LogP contribution in [0.25, 0.3) is 0 Å². The molecule has 2 fully saturated rings. The molecule has 0 aromatic heterocycles. The summed E-state index contributed by atoms with van der Waals surface area (Å²) in [4.78, 5) is 12.2. The fraction of sp³-hybridized carbons (Fsp3) is 0.750. The van der Waals surface area contributed by atoms with Gasteiger partial charge in [-0.1, -0.05) is 0 Å². The maximum absolute atomic E-state index is 12.2. The Hall–Kier alpha value is -0.830. The summed E-state index contributed by atoms with van der Waals surface area (Å²) in [5, 5.41) is 0. The molecule has 3 atom stereocenters. The molecule has 2 saturated heterocycles. The van der Waals surface area contributed by atoms with Crippen molar-refractivity contribution in [3.05, 3.63) is 11.8 Å². The molecule has 3 heteroatoms. The molecule has 0 saturated carbocycles. The fourth-order valence-corrected chi connectivity index (χ4v) is 2.90. The first-order valence-corrected chi connectivity index (χ1v) is 5.85. The first-order valence-electron chi connectivity index (χ1n) is 5.85. The minimum Gasteiger partial charge on any atom is -0.501 e. The summed E-state index contributed by atoms with van der Waals surface area (Å²) >= 11 is 0. The Morgan fingerprint density at radius 3 is 2.93 bits per heavy atom. The Balaban J connectivity index is 1.72. The van der Waals surface area contributed by atoms with Crippen LogP contribution >= 0.6 is 0 Å². The van der Waals surface area contributed by atoms with Crippen molar-refractivity contribution in [1.29, 1.82) is 0 Å². The number of hydrogen-bond acceptors (Lipinski definition) is 3. The average molecular weight is 208 g/mol. The van der Waals surface area contributed by atoms with Crippen LogP contribution in [0.2, 0.25) is 0 Å². The highest BCUT2D eigenvalue weighted by atomic mass is 16.5. The Morgan fingerprint density at radius 2 is 2.33 bits per heavy atom. The summed E-state index contributed by atoms with van der Waals surface area (Å²) in [5.41, 5.74) is 0.877. The van der Waals surface area contributed by atoms with Crippen LogP contribution < -0.4 is 0 Å². The molecule has 3 heterocycles. The van der Waals surface area contributed by atoms with Gasteiger partial charge in [-0.3, -0.25) is 4.79 Å². The monoisotopic (exact) mass is 208 g/mol. The Morgan fingerprint density at radius 1 is 1.40 bits per heavy atom.